The van der Waals surface area contributed by atoms with E-state index in [1.807, 2.05) is 9.80 Å². The fourth-order valence-corrected chi connectivity index (χ4v) is 3.26. The summed E-state index contributed by atoms with van der Waals surface area (Å²) < 4.78 is 45.5. The summed E-state index contributed by atoms with van der Waals surface area (Å²) in [6, 6.07) is 5.07. The number of alkyl halides is 3. The zero-order valence-electron chi connectivity index (χ0n) is 15.1. The standard InChI is InChI=1S/C17H21F3N4O3S/c18-17(19,20)27-14-3-1-13(2-4-14)21-15(25)11-22-5-7-23(8-6-22)12-24-9-10-26-16(24)28/h1-4H,5-12H2,(H,21,25). The second kappa shape index (κ2) is 8.93. The molecule has 0 bridgehead atoms. The zero-order chi connectivity index (χ0) is 20.1. The van der Waals surface area contributed by atoms with E-state index in [4.69, 9.17) is 17.0 Å². The fraction of sp³-hybridized carbons (Fsp3) is 0.529. The number of nitrogens with one attached hydrogen (secondary N) is 1. The SMILES string of the molecule is O=C(CN1CCN(CN2CCOC2=S)CC1)Nc1ccc(OC(F)(F)F)cc1. The molecule has 1 N–H and O–H groups in total. The fourth-order valence-electron chi connectivity index (χ4n) is 3.03. The molecule has 2 aliphatic rings. The van der Waals surface area contributed by atoms with Crippen molar-refractivity contribution in [3.8, 4) is 5.75 Å². The van der Waals surface area contributed by atoms with E-state index in [1.54, 1.807) is 0 Å². The summed E-state index contributed by atoms with van der Waals surface area (Å²) in [5.74, 6) is -0.545. The van der Waals surface area contributed by atoms with Crippen molar-refractivity contribution in [2.75, 3.05) is 57.9 Å². The quantitative estimate of drug-likeness (QED) is 0.706. The van der Waals surface area contributed by atoms with Crippen LogP contribution in [0.2, 0.25) is 0 Å². The van der Waals surface area contributed by atoms with Gasteiger partial charge < -0.3 is 19.7 Å². The first-order valence-electron chi connectivity index (χ1n) is 8.80. The van der Waals surface area contributed by atoms with Crippen LogP contribution in [0.25, 0.3) is 0 Å². The summed E-state index contributed by atoms with van der Waals surface area (Å²) in [4.78, 5) is 18.5. The second-order valence-corrected chi connectivity index (χ2v) is 6.88. The van der Waals surface area contributed by atoms with E-state index in [-0.39, 0.29) is 18.2 Å². The number of halogens is 3. The highest BCUT2D eigenvalue weighted by Crippen LogP contribution is 2.23. The Labute approximate surface area is 166 Å². The molecule has 11 heteroatoms. The van der Waals surface area contributed by atoms with Crippen molar-refractivity contribution < 1.29 is 27.4 Å². The van der Waals surface area contributed by atoms with Crippen molar-refractivity contribution in [3.05, 3.63) is 24.3 Å². The molecule has 1 aromatic rings. The van der Waals surface area contributed by atoms with Crippen LogP contribution in [0.5, 0.6) is 5.75 Å². The van der Waals surface area contributed by atoms with Crippen molar-refractivity contribution in [3.63, 3.8) is 0 Å². The zero-order valence-corrected chi connectivity index (χ0v) is 15.9. The minimum atomic E-state index is -4.74. The predicted octanol–water partition coefficient (Wildman–Crippen LogP) is 1.72. The highest BCUT2D eigenvalue weighted by atomic mass is 32.1. The molecule has 2 fully saturated rings. The summed E-state index contributed by atoms with van der Waals surface area (Å²) in [6.07, 6.45) is -4.74. The van der Waals surface area contributed by atoms with Crippen molar-refractivity contribution in [1.29, 1.82) is 0 Å². The minimum Gasteiger partial charge on any atom is -0.469 e. The number of anilines is 1. The van der Waals surface area contributed by atoms with E-state index in [0.29, 0.717) is 17.5 Å². The number of ether oxygens (including phenoxy) is 2. The highest BCUT2D eigenvalue weighted by Gasteiger charge is 2.31. The molecular formula is C17H21F3N4O3S. The summed E-state index contributed by atoms with van der Waals surface area (Å²) in [6.45, 7) is 5.49. The number of nitrogens with zero attached hydrogens (tertiary/aromatic N) is 3. The molecule has 0 aliphatic carbocycles. The lowest BCUT2D eigenvalue weighted by atomic mass is 10.3. The van der Waals surface area contributed by atoms with Gasteiger partial charge in [-0.3, -0.25) is 14.6 Å². The molecular weight excluding hydrogens is 397 g/mol. The smallest absolute Gasteiger partial charge is 0.469 e. The normalized spacial score (nSPS) is 18.8. The van der Waals surface area contributed by atoms with Crippen LogP contribution in [0.15, 0.2) is 24.3 Å². The Morgan fingerprint density at radius 1 is 1.11 bits per heavy atom. The molecule has 2 aliphatic heterocycles. The molecule has 28 heavy (non-hydrogen) atoms. The van der Waals surface area contributed by atoms with Crippen LogP contribution in [0.1, 0.15) is 0 Å². The first-order valence-corrected chi connectivity index (χ1v) is 9.21. The number of amides is 1. The molecule has 0 atom stereocenters. The van der Waals surface area contributed by atoms with Gasteiger partial charge in [-0.25, -0.2) is 0 Å². The van der Waals surface area contributed by atoms with E-state index < -0.39 is 6.36 Å². The van der Waals surface area contributed by atoms with E-state index in [0.717, 1.165) is 51.5 Å². The maximum Gasteiger partial charge on any atom is 0.573 e. The van der Waals surface area contributed by atoms with Crippen LogP contribution in [-0.4, -0.2) is 84.7 Å². The van der Waals surface area contributed by atoms with Gasteiger partial charge in [-0.2, -0.15) is 0 Å². The number of piperazine rings is 1. The van der Waals surface area contributed by atoms with Crippen LogP contribution in [-0.2, 0) is 9.53 Å². The Morgan fingerprint density at radius 3 is 2.32 bits per heavy atom. The molecule has 2 heterocycles. The van der Waals surface area contributed by atoms with Gasteiger partial charge in [0.25, 0.3) is 5.17 Å². The van der Waals surface area contributed by atoms with Crippen LogP contribution in [0.3, 0.4) is 0 Å². The van der Waals surface area contributed by atoms with E-state index >= 15 is 0 Å². The van der Waals surface area contributed by atoms with Crippen LogP contribution >= 0.6 is 12.2 Å². The number of carbonyl (C=O) groups excluding carboxylic acids is 1. The predicted molar refractivity (Wildman–Crippen MR) is 99.9 cm³/mol. The molecule has 7 nitrogen and oxygen atoms in total. The van der Waals surface area contributed by atoms with Crippen molar-refractivity contribution in [1.82, 2.24) is 14.7 Å². The molecule has 0 aromatic heterocycles. The van der Waals surface area contributed by atoms with Gasteiger partial charge in [0.2, 0.25) is 5.91 Å². The van der Waals surface area contributed by atoms with E-state index in [2.05, 4.69) is 15.0 Å². The number of hydrogen-bond donors (Lipinski definition) is 1. The number of thiocarbonyl (C=S) groups is 1. The summed E-state index contributed by atoms with van der Waals surface area (Å²) in [7, 11) is 0. The number of benzene rings is 1. The Hall–Kier alpha value is -2.11. The number of hydrogen-bond acceptors (Lipinski definition) is 6. The van der Waals surface area contributed by atoms with Gasteiger partial charge in [-0.05, 0) is 36.5 Å². The lowest BCUT2D eigenvalue weighted by Crippen LogP contribution is -2.51. The number of rotatable bonds is 6. The van der Waals surface area contributed by atoms with Gasteiger partial charge in [-0.15, -0.1) is 13.2 Å². The topological polar surface area (TPSA) is 57.3 Å². The van der Waals surface area contributed by atoms with Gasteiger partial charge in [0, 0.05) is 31.9 Å². The number of carbonyl (C=O) groups is 1. The third-order valence-corrected chi connectivity index (χ3v) is 4.80. The molecule has 154 valence electrons. The Morgan fingerprint density at radius 2 is 1.75 bits per heavy atom. The molecule has 0 unspecified atom stereocenters. The highest BCUT2D eigenvalue weighted by molar-refractivity contribution is 7.80. The Balaban J connectivity index is 1.39. The Bertz CT molecular complexity index is 694. The molecule has 1 amide bonds. The molecule has 0 radical (unpaired) electrons. The van der Waals surface area contributed by atoms with Gasteiger partial charge >= 0.3 is 6.36 Å². The van der Waals surface area contributed by atoms with E-state index in [1.165, 1.54) is 12.1 Å². The first-order chi connectivity index (χ1) is 13.3. The van der Waals surface area contributed by atoms with Crippen LogP contribution in [0.4, 0.5) is 18.9 Å². The molecule has 0 spiro atoms. The molecule has 0 saturated carbocycles. The lowest BCUT2D eigenvalue weighted by Gasteiger charge is -2.36. The van der Waals surface area contributed by atoms with Gasteiger partial charge in [0.15, 0.2) is 0 Å². The third-order valence-electron chi connectivity index (χ3n) is 4.42. The molecule has 1 aromatic carbocycles. The largest absolute Gasteiger partial charge is 0.573 e. The second-order valence-electron chi connectivity index (χ2n) is 6.53. The van der Waals surface area contributed by atoms with Gasteiger partial charge in [-0.1, -0.05) is 0 Å². The van der Waals surface area contributed by atoms with Crippen LogP contribution < -0.4 is 10.1 Å². The third kappa shape index (κ3) is 6.21. The minimum absolute atomic E-state index is 0.216. The van der Waals surface area contributed by atoms with Crippen molar-refractivity contribution >= 4 is 29.0 Å². The first kappa shape index (κ1) is 20.6. The average Bonchev–Trinajstić information content (AvgIpc) is 3.02. The van der Waals surface area contributed by atoms with Crippen LogP contribution in [0, 0.1) is 0 Å². The monoisotopic (exact) mass is 418 g/mol. The van der Waals surface area contributed by atoms with E-state index in [9.17, 15) is 18.0 Å². The summed E-state index contributed by atoms with van der Waals surface area (Å²) in [5, 5.41) is 3.22. The average molecular weight is 418 g/mol. The molecule has 2 saturated heterocycles. The van der Waals surface area contributed by atoms with Gasteiger partial charge in [0.05, 0.1) is 19.8 Å². The Kier molecular flexibility index (Phi) is 6.57. The van der Waals surface area contributed by atoms with Crippen molar-refractivity contribution in [2.24, 2.45) is 0 Å². The maximum atomic E-state index is 12.2. The van der Waals surface area contributed by atoms with Crippen molar-refractivity contribution in [2.45, 2.75) is 6.36 Å². The maximum absolute atomic E-state index is 12.2. The molecule has 3 rings (SSSR count). The summed E-state index contributed by atoms with van der Waals surface area (Å²) in [5.41, 5.74) is 0.417. The van der Waals surface area contributed by atoms with Gasteiger partial charge in [0.1, 0.15) is 12.4 Å². The summed E-state index contributed by atoms with van der Waals surface area (Å²) >= 11 is 5.14. The lowest BCUT2D eigenvalue weighted by molar-refractivity contribution is -0.274.